The van der Waals surface area contributed by atoms with Gasteiger partial charge in [-0.3, -0.25) is 14.2 Å². The average molecular weight is 520 g/mol. The Hall–Kier alpha value is -5.18. The van der Waals surface area contributed by atoms with E-state index in [0.717, 1.165) is 27.8 Å². The Morgan fingerprint density at radius 3 is 2.26 bits per heavy atom. The Morgan fingerprint density at radius 1 is 0.821 bits per heavy atom. The number of amides is 2. The second-order valence-electron chi connectivity index (χ2n) is 9.37. The van der Waals surface area contributed by atoms with Crippen LogP contribution >= 0.6 is 0 Å². The van der Waals surface area contributed by atoms with Crippen molar-refractivity contribution in [2.24, 2.45) is 0 Å². The first-order valence-electron chi connectivity index (χ1n) is 12.5. The van der Waals surface area contributed by atoms with Gasteiger partial charge in [-0.05, 0) is 66.2 Å². The van der Waals surface area contributed by atoms with Gasteiger partial charge in [-0.15, -0.1) is 10.2 Å². The number of hydrogen-bond acceptors (Lipinski definition) is 6. The van der Waals surface area contributed by atoms with Gasteiger partial charge in [0.05, 0.1) is 11.9 Å². The van der Waals surface area contributed by atoms with Crippen LogP contribution in [0.4, 0.5) is 28.6 Å². The highest BCUT2D eigenvalue weighted by atomic mass is 16.2. The van der Waals surface area contributed by atoms with Crippen LogP contribution in [0.25, 0.3) is 16.7 Å². The molecule has 3 N–H and O–H groups in total. The first-order valence-corrected chi connectivity index (χ1v) is 12.5. The quantitative estimate of drug-likeness (QED) is 0.255. The van der Waals surface area contributed by atoms with Crippen molar-refractivity contribution in [3.05, 3.63) is 96.7 Å². The number of aromatic nitrogens is 3. The van der Waals surface area contributed by atoms with Crippen molar-refractivity contribution in [3.8, 4) is 5.82 Å². The van der Waals surface area contributed by atoms with Gasteiger partial charge < -0.3 is 20.9 Å². The van der Waals surface area contributed by atoms with E-state index in [4.69, 9.17) is 0 Å². The fourth-order valence-corrected chi connectivity index (χ4v) is 4.33. The Labute approximate surface area is 226 Å². The molecule has 0 aliphatic heterocycles. The number of benzene rings is 3. The van der Waals surface area contributed by atoms with Gasteiger partial charge in [0.2, 0.25) is 11.8 Å². The minimum atomic E-state index is -0.145. The van der Waals surface area contributed by atoms with E-state index in [9.17, 15) is 9.59 Å². The summed E-state index contributed by atoms with van der Waals surface area (Å²) in [7, 11) is 4.00. The zero-order valence-electron chi connectivity index (χ0n) is 22.0. The Kier molecular flexibility index (Phi) is 7.22. The molecule has 0 saturated carbocycles. The van der Waals surface area contributed by atoms with E-state index >= 15 is 0 Å². The summed E-state index contributed by atoms with van der Waals surface area (Å²) in [6.07, 6.45) is 2.12. The summed E-state index contributed by atoms with van der Waals surface area (Å²) in [6, 6.07) is 26.8. The van der Waals surface area contributed by atoms with Crippen LogP contribution in [0.5, 0.6) is 0 Å². The number of nitrogens with one attached hydrogen (secondary N) is 3. The Bertz CT molecular complexity index is 1620. The van der Waals surface area contributed by atoms with Crippen LogP contribution in [0.15, 0.2) is 91.1 Å². The van der Waals surface area contributed by atoms with Gasteiger partial charge in [0.25, 0.3) is 0 Å². The summed E-state index contributed by atoms with van der Waals surface area (Å²) in [5.74, 6) is 0.999. The molecule has 0 atom stereocenters. The van der Waals surface area contributed by atoms with E-state index in [0.29, 0.717) is 23.0 Å². The zero-order valence-corrected chi connectivity index (χ0v) is 22.0. The molecule has 5 aromatic rings. The lowest BCUT2D eigenvalue weighted by atomic mass is 10.1. The zero-order chi connectivity index (χ0) is 27.4. The maximum absolute atomic E-state index is 12.9. The lowest BCUT2D eigenvalue weighted by molar-refractivity contribution is -0.116. The van der Waals surface area contributed by atoms with E-state index in [-0.39, 0.29) is 18.2 Å². The standard InChI is InChI=1S/C30H29N7O2/c1-20(38)31-22-11-13-23(14-12-22)33-30(39)17-21-19-37(27-10-5-4-9-26(21)27)29-16-15-28(34-35-29)32-24-7-6-8-25(18-24)36(2)3/h4-16,18-19H,17H2,1-3H3,(H,31,38)(H,32,34)(H,33,39). The number of anilines is 5. The Balaban J connectivity index is 1.33. The van der Waals surface area contributed by atoms with Gasteiger partial charge in [0.15, 0.2) is 11.6 Å². The number of fused-ring (bicyclic) bond motifs is 1. The van der Waals surface area contributed by atoms with Crippen LogP contribution in [-0.2, 0) is 16.0 Å². The third-order valence-electron chi connectivity index (χ3n) is 6.17. The molecule has 0 radical (unpaired) electrons. The van der Waals surface area contributed by atoms with Crippen molar-refractivity contribution in [2.75, 3.05) is 34.9 Å². The number of hydrogen-bond donors (Lipinski definition) is 3. The lowest BCUT2D eigenvalue weighted by Crippen LogP contribution is -2.14. The number of rotatable bonds is 8. The summed E-state index contributed by atoms with van der Waals surface area (Å²) in [5, 5.41) is 18.7. The molecule has 3 aromatic carbocycles. The average Bonchev–Trinajstić information content (AvgIpc) is 3.28. The molecule has 39 heavy (non-hydrogen) atoms. The maximum atomic E-state index is 12.9. The van der Waals surface area contributed by atoms with Crippen LogP contribution in [0.2, 0.25) is 0 Å². The van der Waals surface area contributed by atoms with Gasteiger partial charge in [0, 0.05) is 55.4 Å². The lowest BCUT2D eigenvalue weighted by Gasteiger charge is -2.14. The molecule has 0 bridgehead atoms. The molecule has 2 aromatic heterocycles. The molecule has 0 unspecified atom stereocenters. The normalized spacial score (nSPS) is 10.7. The maximum Gasteiger partial charge on any atom is 0.228 e. The molecule has 196 valence electrons. The molecule has 0 aliphatic rings. The smallest absolute Gasteiger partial charge is 0.228 e. The molecule has 9 nitrogen and oxygen atoms in total. The predicted molar refractivity (Wildman–Crippen MR) is 156 cm³/mol. The summed E-state index contributed by atoms with van der Waals surface area (Å²) in [4.78, 5) is 26.1. The van der Waals surface area contributed by atoms with Gasteiger partial charge in [0.1, 0.15) is 0 Å². The second kappa shape index (κ2) is 11.1. The third kappa shape index (κ3) is 6.04. The van der Waals surface area contributed by atoms with E-state index in [1.54, 1.807) is 24.3 Å². The van der Waals surface area contributed by atoms with Crippen LogP contribution in [-0.4, -0.2) is 40.7 Å². The summed E-state index contributed by atoms with van der Waals surface area (Å²) in [5.41, 5.74) is 5.15. The number of carbonyl (C=O) groups excluding carboxylic acids is 2. The highest BCUT2D eigenvalue weighted by molar-refractivity contribution is 5.96. The first kappa shape index (κ1) is 25.5. The molecule has 9 heteroatoms. The molecule has 2 heterocycles. The number of para-hydroxylation sites is 1. The van der Waals surface area contributed by atoms with Crippen molar-refractivity contribution in [2.45, 2.75) is 13.3 Å². The van der Waals surface area contributed by atoms with Crippen LogP contribution in [0.1, 0.15) is 12.5 Å². The molecular formula is C30H29N7O2. The number of nitrogens with zero attached hydrogens (tertiary/aromatic N) is 4. The van der Waals surface area contributed by atoms with Crippen LogP contribution < -0.4 is 20.9 Å². The topological polar surface area (TPSA) is 104 Å². The largest absolute Gasteiger partial charge is 0.378 e. The van der Waals surface area contributed by atoms with Crippen molar-refractivity contribution >= 4 is 51.3 Å². The van der Waals surface area contributed by atoms with E-state index in [1.165, 1.54) is 6.92 Å². The van der Waals surface area contributed by atoms with Crippen molar-refractivity contribution in [1.29, 1.82) is 0 Å². The molecule has 0 spiro atoms. The van der Waals surface area contributed by atoms with Crippen LogP contribution in [0.3, 0.4) is 0 Å². The molecule has 0 aliphatic carbocycles. The summed E-state index contributed by atoms with van der Waals surface area (Å²) in [6.45, 7) is 1.45. The summed E-state index contributed by atoms with van der Waals surface area (Å²) >= 11 is 0. The van der Waals surface area contributed by atoms with Gasteiger partial charge in [-0.2, -0.15) is 0 Å². The summed E-state index contributed by atoms with van der Waals surface area (Å²) < 4.78 is 1.95. The molecule has 2 amide bonds. The van der Waals surface area contributed by atoms with Crippen molar-refractivity contribution in [1.82, 2.24) is 14.8 Å². The minimum absolute atomic E-state index is 0.143. The SMILES string of the molecule is CC(=O)Nc1ccc(NC(=O)Cc2cn(-c3ccc(Nc4cccc(N(C)C)c4)nn3)c3ccccc23)cc1. The van der Waals surface area contributed by atoms with Gasteiger partial charge in [-0.1, -0.05) is 24.3 Å². The van der Waals surface area contributed by atoms with E-state index in [1.807, 2.05) is 90.4 Å². The minimum Gasteiger partial charge on any atom is -0.378 e. The monoisotopic (exact) mass is 519 g/mol. The molecule has 0 saturated heterocycles. The van der Waals surface area contributed by atoms with E-state index < -0.39 is 0 Å². The molecule has 0 fully saturated rings. The van der Waals surface area contributed by atoms with Crippen molar-refractivity contribution < 1.29 is 9.59 Å². The third-order valence-corrected chi connectivity index (χ3v) is 6.17. The fraction of sp³-hybridized carbons (Fsp3) is 0.133. The predicted octanol–water partition coefficient (Wildman–Crippen LogP) is 5.37. The number of carbonyl (C=O) groups is 2. The van der Waals surface area contributed by atoms with Gasteiger partial charge in [-0.25, -0.2) is 0 Å². The van der Waals surface area contributed by atoms with E-state index in [2.05, 4.69) is 26.1 Å². The highest BCUT2D eigenvalue weighted by Gasteiger charge is 2.14. The first-order chi connectivity index (χ1) is 18.9. The molecular weight excluding hydrogens is 490 g/mol. The fourth-order valence-electron chi connectivity index (χ4n) is 4.33. The van der Waals surface area contributed by atoms with Crippen molar-refractivity contribution in [3.63, 3.8) is 0 Å². The Morgan fingerprint density at radius 2 is 1.56 bits per heavy atom. The second-order valence-corrected chi connectivity index (χ2v) is 9.37. The highest BCUT2D eigenvalue weighted by Crippen LogP contribution is 2.26. The van der Waals surface area contributed by atoms with Crippen LogP contribution in [0, 0.1) is 0 Å². The molecule has 5 rings (SSSR count). The van der Waals surface area contributed by atoms with Gasteiger partial charge >= 0.3 is 0 Å².